The highest BCUT2D eigenvalue weighted by Gasteiger charge is 2.36. The number of ketones is 1. The molecule has 0 amide bonds. The molecule has 2 aromatic carbocycles. The maximum Gasteiger partial charge on any atom is 0.163 e. The average molecular weight is 234 g/mol. The number of fused-ring (bicyclic) bond motifs is 5. The zero-order valence-electron chi connectivity index (χ0n) is 10.1. The van der Waals surface area contributed by atoms with Gasteiger partial charge in [-0.3, -0.25) is 4.79 Å². The first-order chi connectivity index (χ1) is 8.84. The average Bonchev–Trinajstić information content (AvgIpc) is 2.80. The summed E-state index contributed by atoms with van der Waals surface area (Å²) in [4.78, 5) is 12.0. The third-order valence-corrected chi connectivity index (χ3v) is 4.38. The van der Waals surface area contributed by atoms with E-state index >= 15 is 0 Å². The molecule has 0 aromatic heterocycles. The van der Waals surface area contributed by atoms with E-state index in [-0.39, 0.29) is 11.7 Å². The molecular formula is C17H14O. The molecule has 88 valence electrons. The first kappa shape index (κ1) is 10.1. The molecule has 0 N–H and O–H groups in total. The Morgan fingerprint density at radius 2 is 1.94 bits per heavy atom. The van der Waals surface area contributed by atoms with Crippen LogP contribution in [-0.2, 0) is 11.2 Å². The molecule has 0 aliphatic heterocycles. The van der Waals surface area contributed by atoms with E-state index in [4.69, 9.17) is 0 Å². The molecule has 0 bridgehead atoms. The summed E-state index contributed by atoms with van der Waals surface area (Å²) in [5, 5.41) is 2.61. The van der Waals surface area contributed by atoms with Gasteiger partial charge < -0.3 is 0 Å². The minimum absolute atomic E-state index is 0.0957. The van der Waals surface area contributed by atoms with Crippen LogP contribution in [0.3, 0.4) is 0 Å². The fraction of sp³-hybridized carbons (Fsp3) is 0.235. The van der Waals surface area contributed by atoms with Gasteiger partial charge in [-0.2, -0.15) is 0 Å². The van der Waals surface area contributed by atoms with Gasteiger partial charge in [0.15, 0.2) is 5.78 Å². The van der Waals surface area contributed by atoms with E-state index in [1.54, 1.807) is 6.08 Å². The van der Waals surface area contributed by atoms with Gasteiger partial charge in [-0.25, -0.2) is 0 Å². The van der Waals surface area contributed by atoms with E-state index in [1.807, 2.05) is 0 Å². The molecule has 0 fully saturated rings. The smallest absolute Gasteiger partial charge is 0.163 e. The first-order valence-corrected chi connectivity index (χ1v) is 6.57. The molecular weight excluding hydrogens is 220 g/mol. The molecule has 1 nitrogen and oxygen atoms in total. The lowest BCUT2D eigenvalue weighted by molar-refractivity contribution is -0.116. The van der Waals surface area contributed by atoms with Crippen LogP contribution in [0.1, 0.15) is 23.5 Å². The lowest BCUT2D eigenvalue weighted by Gasteiger charge is -2.28. The van der Waals surface area contributed by atoms with E-state index in [0.717, 1.165) is 12.8 Å². The lowest BCUT2D eigenvalue weighted by atomic mass is 9.75. The van der Waals surface area contributed by atoms with E-state index in [2.05, 4.69) is 42.5 Å². The topological polar surface area (TPSA) is 17.1 Å². The summed E-state index contributed by atoms with van der Waals surface area (Å²) in [7, 11) is 0. The Labute approximate surface area is 106 Å². The van der Waals surface area contributed by atoms with E-state index in [1.165, 1.54) is 21.9 Å². The van der Waals surface area contributed by atoms with Gasteiger partial charge in [0.2, 0.25) is 0 Å². The quantitative estimate of drug-likeness (QED) is 0.680. The third kappa shape index (κ3) is 1.25. The third-order valence-electron chi connectivity index (χ3n) is 4.38. The van der Waals surface area contributed by atoms with Crippen molar-refractivity contribution in [3.05, 3.63) is 59.7 Å². The Morgan fingerprint density at radius 1 is 1.06 bits per heavy atom. The van der Waals surface area contributed by atoms with Crippen LogP contribution < -0.4 is 0 Å². The molecule has 2 aliphatic carbocycles. The molecule has 0 radical (unpaired) electrons. The number of rotatable bonds is 0. The molecule has 0 saturated carbocycles. The molecule has 2 aromatic rings. The van der Waals surface area contributed by atoms with Crippen molar-refractivity contribution >= 4 is 16.6 Å². The molecule has 0 saturated heterocycles. The van der Waals surface area contributed by atoms with Crippen molar-refractivity contribution in [2.45, 2.75) is 18.8 Å². The first-order valence-electron chi connectivity index (χ1n) is 6.57. The minimum atomic E-state index is 0.0957. The zero-order chi connectivity index (χ0) is 12.1. The van der Waals surface area contributed by atoms with Crippen LogP contribution in [0, 0.1) is 5.92 Å². The van der Waals surface area contributed by atoms with Gasteiger partial charge in [0.1, 0.15) is 0 Å². The molecule has 1 heteroatoms. The summed E-state index contributed by atoms with van der Waals surface area (Å²) in [6.07, 6.45) is 6.08. The van der Waals surface area contributed by atoms with Crippen LogP contribution in [-0.4, -0.2) is 5.78 Å². The number of hydrogen-bond acceptors (Lipinski definition) is 1. The monoisotopic (exact) mass is 234 g/mol. The van der Waals surface area contributed by atoms with Crippen molar-refractivity contribution in [3.8, 4) is 0 Å². The van der Waals surface area contributed by atoms with Gasteiger partial charge in [0, 0.05) is 0 Å². The maximum absolute atomic E-state index is 12.0. The molecule has 2 atom stereocenters. The summed E-state index contributed by atoms with van der Waals surface area (Å²) >= 11 is 0. The second-order valence-electron chi connectivity index (χ2n) is 5.30. The van der Waals surface area contributed by atoms with Crippen molar-refractivity contribution in [3.63, 3.8) is 0 Å². The normalized spacial score (nSPS) is 25.2. The highest BCUT2D eigenvalue weighted by atomic mass is 16.1. The SMILES string of the molecule is O=C1C=C[C@H]2CCc3c(ccc4ccccc34)[C@@H]12. The number of benzene rings is 2. The number of carbonyl (C=O) groups is 1. The predicted octanol–water partition coefficient (Wildman–Crippen LogP) is 3.62. The van der Waals surface area contributed by atoms with Crippen molar-refractivity contribution in [2.24, 2.45) is 5.92 Å². The number of allylic oxidation sites excluding steroid dienone is 2. The Hall–Kier alpha value is -1.89. The van der Waals surface area contributed by atoms with Gasteiger partial charge >= 0.3 is 0 Å². The van der Waals surface area contributed by atoms with Crippen LogP contribution in [0.15, 0.2) is 48.6 Å². The van der Waals surface area contributed by atoms with E-state index < -0.39 is 0 Å². The Balaban J connectivity index is 1.99. The number of aryl methyl sites for hydroxylation is 1. The molecule has 0 unspecified atom stereocenters. The van der Waals surface area contributed by atoms with Crippen LogP contribution in [0.5, 0.6) is 0 Å². The Bertz CT molecular complexity index is 681. The summed E-state index contributed by atoms with van der Waals surface area (Å²) in [6, 6.07) is 12.8. The maximum atomic E-state index is 12.0. The highest BCUT2D eigenvalue weighted by molar-refractivity contribution is 6.00. The van der Waals surface area contributed by atoms with E-state index in [0.29, 0.717) is 5.92 Å². The number of carbonyl (C=O) groups excluding carboxylic acids is 1. The number of hydrogen-bond donors (Lipinski definition) is 0. The van der Waals surface area contributed by atoms with Crippen LogP contribution in [0.2, 0.25) is 0 Å². The van der Waals surface area contributed by atoms with Crippen LogP contribution in [0.25, 0.3) is 10.8 Å². The van der Waals surface area contributed by atoms with Crippen LogP contribution in [0.4, 0.5) is 0 Å². The zero-order valence-corrected chi connectivity index (χ0v) is 10.1. The largest absolute Gasteiger partial charge is 0.294 e. The fourth-order valence-electron chi connectivity index (χ4n) is 3.53. The summed E-state index contributed by atoms with van der Waals surface area (Å²) in [6.45, 7) is 0. The molecule has 0 spiro atoms. The van der Waals surface area contributed by atoms with Gasteiger partial charge in [-0.05, 0) is 46.7 Å². The van der Waals surface area contributed by atoms with Crippen molar-refractivity contribution < 1.29 is 4.79 Å². The van der Waals surface area contributed by atoms with Crippen LogP contribution >= 0.6 is 0 Å². The standard InChI is InChI=1S/C17H14O/c18-16-10-7-12-6-8-14-13-4-2-1-3-11(13)5-9-15(14)17(12)16/h1-5,7,9-10,12,17H,6,8H2/t12-,17+/m1/s1. The second kappa shape index (κ2) is 3.55. The molecule has 0 heterocycles. The molecule has 4 rings (SSSR count). The van der Waals surface area contributed by atoms with Crippen molar-refractivity contribution in [1.82, 2.24) is 0 Å². The molecule has 18 heavy (non-hydrogen) atoms. The predicted molar refractivity (Wildman–Crippen MR) is 72.6 cm³/mol. The lowest BCUT2D eigenvalue weighted by Crippen LogP contribution is -2.21. The van der Waals surface area contributed by atoms with Gasteiger partial charge in [-0.15, -0.1) is 0 Å². The van der Waals surface area contributed by atoms with Gasteiger partial charge in [0.05, 0.1) is 5.92 Å². The van der Waals surface area contributed by atoms with E-state index in [9.17, 15) is 4.79 Å². The summed E-state index contributed by atoms with van der Waals surface area (Å²) in [5.41, 5.74) is 2.66. The fourth-order valence-corrected chi connectivity index (χ4v) is 3.53. The Morgan fingerprint density at radius 3 is 2.89 bits per heavy atom. The molecule has 2 aliphatic rings. The summed E-state index contributed by atoms with van der Waals surface area (Å²) in [5.74, 6) is 0.820. The van der Waals surface area contributed by atoms with Gasteiger partial charge in [-0.1, -0.05) is 42.5 Å². The minimum Gasteiger partial charge on any atom is -0.294 e. The Kier molecular flexibility index (Phi) is 1.99. The summed E-state index contributed by atoms with van der Waals surface area (Å²) < 4.78 is 0. The van der Waals surface area contributed by atoms with Crippen molar-refractivity contribution in [2.75, 3.05) is 0 Å². The second-order valence-corrected chi connectivity index (χ2v) is 5.30. The van der Waals surface area contributed by atoms with Crippen molar-refractivity contribution in [1.29, 1.82) is 0 Å². The van der Waals surface area contributed by atoms with Gasteiger partial charge in [0.25, 0.3) is 0 Å². The highest BCUT2D eigenvalue weighted by Crippen LogP contribution is 2.43.